The van der Waals surface area contributed by atoms with Crippen molar-refractivity contribution in [3.8, 4) is 11.5 Å². The second-order valence-corrected chi connectivity index (χ2v) is 7.26. The van der Waals surface area contributed by atoms with Crippen LogP contribution in [0.3, 0.4) is 0 Å². The van der Waals surface area contributed by atoms with Crippen molar-refractivity contribution in [2.75, 3.05) is 65.4 Å². The maximum absolute atomic E-state index is 5.46. The molecule has 0 bridgehead atoms. The number of hydrogen-bond donors (Lipinski definition) is 2. The molecule has 0 amide bonds. The first-order valence-corrected chi connectivity index (χ1v) is 10.6. The van der Waals surface area contributed by atoms with Crippen LogP contribution in [0, 0.1) is 0 Å². The largest absolute Gasteiger partial charge is 0.497 e. The minimum absolute atomic E-state index is 0. The summed E-state index contributed by atoms with van der Waals surface area (Å²) in [6.45, 7) is 6.53. The molecule has 0 unspecified atom stereocenters. The van der Waals surface area contributed by atoms with Crippen LogP contribution in [0.2, 0.25) is 0 Å². The predicted molar refractivity (Wildman–Crippen MR) is 138 cm³/mol. The van der Waals surface area contributed by atoms with E-state index in [0.29, 0.717) is 6.54 Å². The van der Waals surface area contributed by atoms with Gasteiger partial charge in [0.2, 0.25) is 5.95 Å². The molecule has 0 radical (unpaired) electrons. The number of rotatable bonds is 9. The smallest absolute Gasteiger partial charge is 0.225 e. The maximum Gasteiger partial charge on any atom is 0.225 e. The molecule has 1 aliphatic heterocycles. The summed E-state index contributed by atoms with van der Waals surface area (Å²) in [5.41, 5.74) is 1.05. The van der Waals surface area contributed by atoms with Crippen LogP contribution in [-0.2, 0) is 6.54 Å². The number of guanidine groups is 1. The molecule has 176 valence electrons. The lowest BCUT2D eigenvalue weighted by Gasteiger charge is -2.34. The molecule has 9 nitrogen and oxygen atoms in total. The minimum atomic E-state index is 0. The van der Waals surface area contributed by atoms with Crippen LogP contribution in [-0.4, -0.2) is 81.4 Å². The van der Waals surface area contributed by atoms with E-state index < -0.39 is 0 Å². The summed E-state index contributed by atoms with van der Waals surface area (Å²) in [6.07, 6.45) is 4.65. The molecule has 2 aromatic rings. The highest BCUT2D eigenvalue weighted by Crippen LogP contribution is 2.24. The van der Waals surface area contributed by atoms with E-state index in [1.54, 1.807) is 33.7 Å². The normalized spacial score (nSPS) is 14.5. The highest BCUT2D eigenvalue weighted by Gasteiger charge is 2.18. The van der Waals surface area contributed by atoms with Crippen LogP contribution in [0.4, 0.5) is 5.95 Å². The fourth-order valence-electron chi connectivity index (χ4n) is 3.53. The van der Waals surface area contributed by atoms with Crippen LogP contribution >= 0.6 is 24.0 Å². The number of aromatic nitrogens is 2. The van der Waals surface area contributed by atoms with Gasteiger partial charge in [-0.25, -0.2) is 9.97 Å². The molecule has 0 atom stereocenters. The second-order valence-electron chi connectivity index (χ2n) is 7.26. The molecule has 0 aliphatic carbocycles. The van der Waals surface area contributed by atoms with Gasteiger partial charge in [-0.05, 0) is 31.2 Å². The molecule has 0 spiro atoms. The Kier molecular flexibility index (Phi) is 11.3. The van der Waals surface area contributed by atoms with Crippen LogP contribution in [0.1, 0.15) is 12.0 Å². The van der Waals surface area contributed by atoms with Gasteiger partial charge in [0.1, 0.15) is 11.5 Å². The molecule has 0 saturated carbocycles. The number of benzene rings is 1. The van der Waals surface area contributed by atoms with Crippen molar-refractivity contribution in [2.24, 2.45) is 4.99 Å². The van der Waals surface area contributed by atoms with Gasteiger partial charge in [-0.3, -0.25) is 9.89 Å². The van der Waals surface area contributed by atoms with Crippen LogP contribution in [0.25, 0.3) is 0 Å². The monoisotopic (exact) mass is 555 g/mol. The molecule has 3 rings (SSSR count). The van der Waals surface area contributed by atoms with Gasteiger partial charge in [-0.1, -0.05) is 0 Å². The molecule has 2 heterocycles. The number of ether oxygens (including phenoxy) is 2. The molecule has 32 heavy (non-hydrogen) atoms. The van der Waals surface area contributed by atoms with E-state index in [9.17, 15) is 0 Å². The number of nitrogens with one attached hydrogen (secondary N) is 2. The first-order chi connectivity index (χ1) is 15.2. The van der Waals surface area contributed by atoms with Gasteiger partial charge in [0, 0.05) is 70.3 Å². The summed E-state index contributed by atoms with van der Waals surface area (Å²) in [7, 11) is 5.10. The molecule has 10 heteroatoms. The Labute approximate surface area is 207 Å². The lowest BCUT2D eigenvalue weighted by atomic mass is 10.2. The predicted octanol–water partition coefficient (Wildman–Crippen LogP) is 1.99. The molecule has 1 aromatic heterocycles. The Morgan fingerprint density at radius 3 is 2.47 bits per heavy atom. The fourth-order valence-corrected chi connectivity index (χ4v) is 3.53. The minimum Gasteiger partial charge on any atom is -0.497 e. The first kappa shape index (κ1) is 25.9. The first-order valence-electron chi connectivity index (χ1n) is 10.6. The Morgan fingerprint density at radius 1 is 1.06 bits per heavy atom. The zero-order chi connectivity index (χ0) is 21.9. The van der Waals surface area contributed by atoms with Crippen molar-refractivity contribution in [3.05, 3.63) is 42.2 Å². The highest BCUT2D eigenvalue weighted by molar-refractivity contribution is 14.0. The molecule has 1 saturated heterocycles. The number of anilines is 1. The fraction of sp³-hybridized carbons (Fsp3) is 0.500. The number of piperazine rings is 1. The molecule has 1 fully saturated rings. The van der Waals surface area contributed by atoms with Crippen LogP contribution < -0.4 is 25.0 Å². The lowest BCUT2D eigenvalue weighted by Crippen LogP contribution is -2.47. The Hall–Kier alpha value is -2.34. The number of halogens is 1. The number of hydrogen-bond acceptors (Lipinski definition) is 7. The van der Waals surface area contributed by atoms with Gasteiger partial charge in [0.05, 0.1) is 14.2 Å². The SMILES string of the molecule is CN=C(NCCCN1CCN(c2ncccn2)CC1)NCc1ccc(OC)cc1OC.I. The molecule has 1 aliphatic rings. The summed E-state index contributed by atoms with van der Waals surface area (Å²) in [6, 6.07) is 7.66. The zero-order valence-corrected chi connectivity index (χ0v) is 21.4. The van der Waals surface area contributed by atoms with Gasteiger partial charge in [-0.2, -0.15) is 0 Å². The van der Waals surface area contributed by atoms with Crippen molar-refractivity contribution in [1.29, 1.82) is 0 Å². The maximum atomic E-state index is 5.46. The third kappa shape index (κ3) is 7.66. The van der Waals surface area contributed by atoms with Crippen molar-refractivity contribution in [2.45, 2.75) is 13.0 Å². The average molecular weight is 555 g/mol. The van der Waals surface area contributed by atoms with Crippen LogP contribution in [0.5, 0.6) is 11.5 Å². The molecule has 2 N–H and O–H groups in total. The van der Waals surface area contributed by atoms with E-state index in [1.165, 1.54) is 0 Å². The third-order valence-electron chi connectivity index (χ3n) is 5.31. The average Bonchev–Trinajstić information content (AvgIpc) is 2.84. The van der Waals surface area contributed by atoms with Gasteiger partial charge < -0.3 is 25.0 Å². The summed E-state index contributed by atoms with van der Waals surface area (Å²) in [5, 5.41) is 6.73. The van der Waals surface area contributed by atoms with E-state index in [2.05, 4.69) is 35.4 Å². The molecule has 1 aromatic carbocycles. The Bertz CT molecular complexity index is 830. The van der Waals surface area contributed by atoms with E-state index in [0.717, 1.165) is 74.7 Å². The van der Waals surface area contributed by atoms with E-state index in [4.69, 9.17) is 9.47 Å². The van der Waals surface area contributed by atoms with Gasteiger partial charge in [0.25, 0.3) is 0 Å². The van der Waals surface area contributed by atoms with E-state index in [-0.39, 0.29) is 24.0 Å². The van der Waals surface area contributed by atoms with Crippen molar-refractivity contribution in [3.63, 3.8) is 0 Å². The Balaban J connectivity index is 0.00000363. The standard InChI is InChI=1S/C22H33N7O2.HI/c1-23-21(27-17-18-6-7-19(30-2)16-20(18)31-3)24-10-5-11-28-12-14-29(15-13-28)22-25-8-4-9-26-22;/h4,6-9,16H,5,10-15,17H2,1-3H3,(H2,23,24,27);1H. The lowest BCUT2D eigenvalue weighted by molar-refractivity contribution is 0.254. The van der Waals surface area contributed by atoms with E-state index in [1.807, 2.05) is 24.3 Å². The number of methoxy groups -OCH3 is 2. The summed E-state index contributed by atoms with van der Waals surface area (Å²) in [4.78, 5) is 17.7. The quantitative estimate of drug-likeness (QED) is 0.210. The highest BCUT2D eigenvalue weighted by atomic mass is 127. The summed E-state index contributed by atoms with van der Waals surface area (Å²) >= 11 is 0. The van der Waals surface area contributed by atoms with Crippen molar-refractivity contribution < 1.29 is 9.47 Å². The molecular weight excluding hydrogens is 521 g/mol. The second kappa shape index (κ2) is 13.9. The van der Waals surface area contributed by atoms with Gasteiger partial charge >= 0.3 is 0 Å². The van der Waals surface area contributed by atoms with Crippen molar-refractivity contribution in [1.82, 2.24) is 25.5 Å². The van der Waals surface area contributed by atoms with Gasteiger partial charge in [0.15, 0.2) is 5.96 Å². The summed E-state index contributed by atoms with van der Waals surface area (Å²) in [5.74, 6) is 3.18. The zero-order valence-electron chi connectivity index (χ0n) is 19.1. The van der Waals surface area contributed by atoms with Gasteiger partial charge in [-0.15, -0.1) is 24.0 Å². The van der Waals surface area contributed by atoms with Crippen LogP contribution in [0.15, 0.2) is 41.7 Å². The third-order valence-corrected chi connectivity index (χ3v) is 5.31. The Morgan fingerprint density at radius 2 is 1.81 bits per heavy atom. The number of nitrogens with zero attached hydrogens (tertiary/aromatic N) is 5. The molecular formula is C22H34IN7O2. The number of aliphatic imine (C=N–C) groups is 1. The van der Waals surface area contributed by atoms with Crippen molar-refractivity contribution >= 4 is 35.9 Å². The van der Waals surface area contributed by atoms with E-state index >= 15 is 0 Å². The topological polar surface area (TPSA) is 87.1 Å². The summed E-state index contributed by atoms with van der Waals surface area (Å²) < 4.78 is 10.7.